The maximum atomic E-state index is 12.6. The van der Waals surface area contributed by atoms with E-state index < -0.39 is 0 Å². The molecule has 3 rings (SSSR count). The predicted molar refractivity (Wildman–Crippen MR) is 95.7 cm³/mol. The third kappa shape index (κ3) is 4.31. The summed E-state index contributed by atoms with van der Waals surface area (Å²) in [5.74, 6) is 1.52. The number of carbonyl (C=O) groups is 1. The van der Waals surface area contributed by atoms with Crippen LogP contribution in [-0.4, -0.2) is 44.8 Å². The second-order valence-electron chi connectivity index (χ2n) is 6.50. The zero-order valence-electron chi connectivity index (χ0n) is 14.6. The van der Waals surface area contributed by atoms with Gasteiger partial charge in [-0.2, -0.15) is 0 Å². The van der Waals surface area contributed by atoms with Crippen molar-refractivity contribution in [1.29, 1.82) is 0 Å². The number of aromatic nitrogens is 3. The molecule has 1 aromatic carbocycles. The molecule has 0 radical (unpaired) electrons. The highest BCUT2D eigenvalue weighted by Gasteiger charge is 2.29. The molecule has 1 atom stereocenters. The fourth-order valence-corrected chi connectivity index (χ4v) is 3.41. The van der Waals surface area contributed by atoms with Crippen molar-refractivity contribution in [3.8, 4) is 5.75 Å². The van der Waals surface area contributed by atoms with Crippen LogP contribution in [-0.2, 0) is 18.3 Å². The molecule has 1 fully saturated rings. The third-order valence-electron chi connectivity index (χ3n) is 4.64. The maximum absolute atomic E-state index is 12.6. The average Bonchev–Trinajstić information content (AvgIpc) is 3.22. The fraction of sp³-hybridized carbons (Fsp3) is 0.500. The smallest absolute Gasteiger partial charge is 0.260 e. The number of nitrogens with zero attached hydrogens (tertiary/aromatic N) is 4. The van der Waals surface area contributed by atoms with Crippen molar-refractivity contribution in [2.45, 2.75) is 38.6 Å². The van der Waals surface area contributed by atoms with Crippen LogP contribution < -0.4 is 4.74 Å². The maximum Gasteiger partial charge on any atom is 0.260 e. The molecule has 0 saturated carbocycles. The largest absolute Gasteiger partial charge is 0.482 e. The molecule has 134 valence electrons. The normalized spacial score (nSPS) is 17.1. The van der Waals surface area contributed by atoms with E-state index in [-0.39, 0.29) is 18.6 Å². The number of aryl methyl sites for hydroxylation is 3. The highest BCUT2D eigenvalue weighted by molar-refractivity contribution is 6.32. The number of hydrogen-bond acceptors (Lipinski definition) is 4. The quantitative estimate of drug-likeness (QED) is 0.792. The van der Waals surface area contributed by atoms with Crippen LogP contribution in [0.3, 0.4) is 0 Å². The first kappa shape index (κ1) is 17.7. The molecule has 2 aromatic rings. The number of halogens is 1. The van der Waals surface area contributed by atoms with E-state index in [9.17, 15) is 4.79 Å². The van der Waals surface area contributed by atoms with Crippen molar-refractivity contribution in [1.82, 2.24) is 19.7 Å². The highest BCUT2D eigenvalue weighted by Crippen LogP contribution is 2.26. The molecule has 6 nitrogen and oxygen atoms in total. The van der Waals surface area contributed by atoms with Crippen LogP contribution in [0.1, 0.15) is 30.7 Å². The van der Waals surface area contributed by atoms with Crippen molar-refractivity contribution < 1.29 is 9.53 Å². The summed E-state index contributed by atoms with van der Waals surface area (Å²) < 4.78 is 7.58. The minimum absolute atomic E-state index is 0.0121. The topological polar surface area (TPSA) is 60.2 Å². The van der Waals surface area contributed by atoms with E-state index in [4.69, 9.17) is 16.3 Å². The minimum Gasteiger partial charge on any atom is -0.482 e. The van der Waals surface area contributed by atoms with Crippen LogP contribution in [0.15, 0.2) is 24.5 Å². The van der Waals surface area contributed by atoms with Crippen LogP contribution in [0, 0.1) is 6.92 Å². The first-order valence-corrected chi connectivity index (χ1v) is 8.93. The van der Waals surface area contributed by atoms with Crippen LogP contribution in [0.2, 0.25) is 5.02 Å². The molecule has 1 aliphatic rings. The zero-order chi connectivity index (χ0) is 17.8. The van der Waals surface area contributed by atoms with Gasteiger partial charge in [-0.3, -0.25) is 4.79 Å². The van der Waals surface area contributed by atoms with Crippen molar-refractivity contribution in [3.63, 3.8) is 0 Å². The summed E-state index contributed by atoms with van der Waals surface area (Å²) >= 11 is 6.12. The van der Waals surface area contributed by atoms with E-state index >= 15 is 0 Å². The van der Waals surface area contributed by atoms with Gasteiger partial charge in [0.05, 0.1) is 5.02 Å². The van der Waals surface area contributed by atoms with E-state index in [1.807, 2.05) is 35.6 Å². The Balaban J connectivity index is 1.55. The molecule has 0 spiro atoms. The lowest BCUT2D eigenvalue weighted by Crippen LogP contribution is -2.39. The van der Waals surface area contributed by atoms with Crippen LogP contribution >= 0.6 is 11.6 Å². The van der Waals surface area contributed by atoms with Crippen molar-refractivity contribution in [3.05, 3.63) is 40.9 Å². The van der Waals surface area contributed by atoms with E-state index in [1.165, 1.54) is 0 Å². The molecule has 1 amide bonds. The standard InChI is InChI=1S/C18H23ClN4O2/c1-13-5-7-15(19)16(10-13)25-11-18(24)23-9-3-4-14(23)6-8-17-21-20-12-22(17)2/h5,7,10,12,14H,3-4,6,8-9,11H2,1-2H3. The molecule has 0 N–H and O–H groups in total. The number of rotatable bonds is 6. The number of hydrogen-bond donors (Lipinski definition) is 0. The number of amides is 1. The second-order valence-corrected chi connectivity index (χ2v) is 6.91. The Morgan fingerprint density at radius 3 is 3.04 bits per heavy atom. The Bertz CT molecular complexity index is 746. The summed E-state index contributed by atoms with van der Waals surface area (Å²) in [5, 5.41) is 8.54. The van der Waals surface area contributed by atoms with Gasteiger partial charge in [0.2, 0.25) is 0 Å². The van der Waals surface area contributed by atoms with Crippen LogP contribution in [0.4, 0.5) is 0 Å². The Hall–Kier alpha value is -2.08. The van der Waals surface area contributed by atoms with Crippen molar-refractivity contribution in [2.24, 2.45) is 7.05 Å². The minimum atomic E-state index is 0.0121. The SMILES string of the molecule is Cc1ccc(Cl)c(OCC(=O)N2CCCC2CCc2nncn2C)c1. The van der Waals surface area contributed by atoms with Gasteiger partial charge < -0.3 is 14.2 Å². The van der Waals surface area contributed by atoms with Gasteiger partial charge in [0, 0.05) is 26.1 Å². The van der Waals surface area contributed by atoms with Gasteiger partial charge in [0.25, 0.3) is 5.91 Å². The fourth-order valence-electron chi connectivity index (χ4n) is 3.24. The Kier molecular flexibility index (Phi) is 5.58. The molecule has 1 saturated heterocycles. The Labute approximate surface area is 152 Å². The predicted octanol–water partition coefficient (Wildman–Crippen LogP) is 2.78. The molecule has 7 heteroatoms. The zero-order valence-corrected chi connectivity index (χ0v) is 15.4. The lowest BCUT2D eigenvalue weighted by Gasteiger charge is -2.24. The number of ether oxygens (including phenoxy) is 1. The molecule has 0 bridgehead atoms. The highest BCUT2D eigenvalue weighted by atomic mass is 35.5. The molecule has 1 aliphatic heterocycles. The van der Waals surface area contributed by atoms with E-state index in [2.05, 4.69) is 10.2 Å². The van der Waals surface area contributed by atoms with E-state index in [0.29, 0.717) is 10.8 Å². The van der Waals surface area contributed by atoms with E-state index in [0.717, 1.165) is 43.6 Å². The average molecular weight is 363 g/mol. The summed E-state index contributed by atoms with van der Waals surface area (Å²) in [5.41, 5.74) is 1.05. The van der Waals surface area contributed by atoms with Gasteiger partial charge in [-0.05, 0) is 43.9 Å². The summed E-state index contributed by atoms with van der Waals surface area (Å²) in [6, 6.07) is 5.79. The summed E-state index contributed by atoms with van der Waals surface area (Å²) in [7, 11) is 1.94. The molecule has 25 heavy (non-hydrogen) atoms. The Morgan fingerprint density at radius 2 is 2.28 bits per heavy atom. The molecule has 1 unspecified atom stereocenters. The van der Waals surface area contributed by atoms with Gasteiger partial charge in [-0.15, -0.1) is 10.2 Å². The first-order chi connectivity index (χ1) is 12.0. The molecular weight excluding hydrogens is 340 g/mol. The molecule has 1 aromatic heterocycles. The van der Waals surface area contributed by atoms with E-state index in [1.54, 1.807) is 12.4 Å². The molecule has 2 heterocycles. The molecular formula is C18H23ClN4O2. The number of carbonyl (C=O) groups excluding carboxylic acids is 1. The Morgan fingerprint density at radius 1 is 1.44 bits per heavy atom. The van der Waals surface area contributed by atoms with Crippen LogP contribution in [0.5, 0.6) is 5.75 Å². The lowest BCUT2D eigenvalue weighted by molar-refractivity contribution is -0.134. The van der Waals surface area contributed by atoms with Crippen molar-refractivity contribution >= 4 is 17.5 Å². The monoisotopic (exact) mass is 362 g/mol. The number of likely N-dealkylation sites (tertiary alicyclic amines) is 1. The lowest BCUT2D eigenvalue weighted by atomic mass is 10.1. The first-order valence-electron chi connectivity index (χ1n) is 8.56. The van der Waals surface area contributed by atoms with Gasteiger partial charge in [0.15, 0.2) is 6.61 Å². The summed E-state index contributed by atoms with van der Waals surface area (Å²) in [6.07, 6.45) is 5.46. The van der Waals surface area contributed by atoms with Crippen molar-refractivity contribution in [2.75, 3.05) is 13.2 Å². The summed E-state index contributed by atoms with van der Waals surface area (Å²) in [6.45, 7) is 2.77. The summed E-state index contributed by atoms with van der Waals surface area (Å²) in [4.78, 5) is 14.5. The number of benzene rings is 1. The third-order valence-corrected chi connectivity index (χ3v) is 4.95. The van der Waals surface area contributed by atoms with Gasteiger partial charge in [0.1, 0.15) is 17.9 Å². The second kappa shape index (κ2) is 7.87. The molecule has 0 aliphatic carbocycles. The van der Waals surface area contributed by atoms with Crippen LogP contribution in [0.25, 0.3) is 0 Å². The van der Waals surface area contributed by atoms with Gasteiger partial charge in [-0.25, -0.2) is 0 Å². The van der Waals surface area contributed by atoms with Gasteiger partial charge >= 0.3 is 0 Å². The van der Waals surface area contributed by atoms with Gasteiger partial charge in [-0.1, -0.05) is 17.7 Å².